The highest BCUT2D eigenvalue weighted by Crippen LogP contribution is 2.43. The van der Waals surface area contributed by atoms with Crippen molar-refractivity contribution < 1.29 is 28.6 Å². The van der Waals surface area contributed by atoms with E-state index in [0.717, 1.165) is 0 Å². The fourth-order valence-corrected chi connectivity index (χ4v) is 4.78. The van der Waals surface area contributed by atoms with Gasteiger partial charge in [-0.25, -0.2) is 0 Å². The third-order valence-electron chi connectivity index (χ3n) is 6.11. The van der Waals surface area contributed by atoms with Crippen LogP contribution in [-0.2, 0) is 4.79 Å². The number of benzene rings is 3. The van der Waals surface area contributed by atoms with Crippen molar-refractivity contribution in [3.05, 3.63) is 100 Å². The third kappa shape index (κ3) is 4.73. The number of furan rings is 1. The molecule has 1 amide bonds. The highest BCUT2D eigenvalue weighted by Gasteiger charge is 2.45. The van der Waals surface area contributed by atoms with Gasteiger partial charge < -0.3 is 19.0 Å². The molecular weight excluding hydrogens is 506 g/mol. The molecule has 4 aromatic rings. The van der Waals surface area contributed by atoms with Gasteiger partial charge in [-0.1, -0.05) is 29.8 Å². The van der Waals surface area contributed by atoms with Gasteiger partial charge in [-0.2, -0.15) is 0 Å². The van der Waals surface area contributed by atoms with Gasteiger partial charge in [0.1, 0.15) is 17.1 Å². The number of aliphatic hydroxyl groups excluding tert-OH is 1. The van der Waals surface area contributed by atoms with Gasteiger partial charge in [0.05, 0.1) is 24.3 Å². The van der Waals surface area contributed by atoms with E-state index in [4.69, 9.17) is 25.5 Å². The average Bonchev–Trinajstić information content (AvgIpc) is 3.42. The van der Waals surface area contributed by atoms with Gasteiger partial charge in [0.25, 0.3) is 5.91 Å². The van der Waals surface area contributed by atoms with Crippen LogP contribution in [0.15, 0.2) is 88.5 Å². The number of ether oxygens (including phenoxy) is 2. The summed E-state index contributed by atoms with van der Waals surface area (Å²) in [6.45, 7) is 6.12. The molecule has 2 heterocycles. The summed E-state index contributed by atoms with van der Waals surface area (Å²) < 4.78 is 17.3. The topological polar surface area (TPSA) is 89.2 Å². The molecule has 1 unspecified atom stereocenters. The number of carbonyl (C=O) groups excluding carboxylic acids is 2. The maximum Gasteiger partial charge on any atom is 0.294 e. The molecule has 1 aliphatic heterocycles. The van der Waals surface area contributed by atoms with Crippen molar-refractivity contribution in [2.75, 3.05) is 11.5 Å². The summed E-state index contributed by atoms with van der Waals surface area (Å²) in [6.07, 6.45) is -0.0816. The Morgan fingerprint density at radius 2 is 1.82 bits per heavy atom. The molecule has 1 N–H and O–H groups in total. The predicted molar refractivity (Wildman–Crippen MR) is 145 cm³/mol. The number of carbonyl (C=O) groups is 2. The Hall–Kier alpha value is -4.23. The number of hydrogen-bond donors (Lipinski definition) is 1. The standard InChI is InChI=1S/C30H26ClNO6/c1-4-36-22-9-6-8-21(16-22)32-27(18-7-5-10-23(14-18)37-17(2)3)26(29(34)30(32)35)28(33)25-15-19-13-20(31)11-12-24(19)38-25/h5-17,27,34H,4H2,1-3H3. The first-order valence-corrected chi connectivity index (χ1v) is 12.6. The van der Waals surface area contributed by atoms with E-state index in [9.17, 15) is 14.7 Å². The van der Waals surface area contributed by atoms with Crippen LogP contribution in [0.5, 0.6) is 11.5 Å². The zero-order chi connectivity index (χ0) is 27.0. The first-order valence-electron chi connectivity index (χ1n) is 12.3. The van der Waals surface area contributed by atoms with Crippen LogP contribution in [0.4, 0.5) is 5.69 Å². The van der Waals surface area contributed by atoms with Crippen LogP contribution >= 0.6 is 11.6 Å². The zero-order valence-corrected chi connectivity index (χ0v) is 21.9. The van der Waals surface area contributed by atoms with Crippen LogP contribution in [0.1, 0.15) is 42.9 Å². The molecule has 3 aromatic carbocycles. The summed E-state index contributed by atoms with van der Waals surface area (Å²) in [5.41, 5.74) is 1.42. The van der Waals surface area contributed by atoms with Crippen molar-refractivity contribution in [2.45, 2.75) is 32.9 Å². The molecule has 0 bridgehead atoms. The number of amides is 1. The summed E-state index contributed by atoms with van der Waals surface area (Å²) in [6, 6.07) is 19.7. The predicted octanol–water partition coefficient (Wildman–Crippen LogP) is 7.06. The summed E-state index contributed by atoms with van der Waals surface area (Å²) in [5, 5.41) is 12.2. The molecule has 1 aliphatic rings. The van der Waals surface area contributed by atoms with Crippen LogP contribution < -0.4 is 14.4 Å². The first kappa shape index (κ1) is 25.4. The molecule has 8 heteroatoms. The lowest BCUT2D eigenvalue weighted by molar-refractivity contribution is -0.117. The minimum atomic E-state index is -0.945. The maximum atomic E-state index is 13.9. The average molecular weight is 532 g/mol. The highest BCUT2D eigenvalue weighted by atomic mass is 35.5. The van der Waals surface area contributed by atoms with E-state index in [-0.39, 0.29) is 17.4 Å². The Bertz CT molecular complexity index is 1570. The SMILES string of the molecule is CCOc1cccc(N2C(=O)C(O)=C(C(=O)c3cc4cc(Cl)ccc4o3)C2c2cccc(OC(C)C)c2)c1. The Balaban J connectivity index is 1.65. The van der Waals surface area contributed by atoms with Crippen molar-refractivity contribution >= 4 is 39.9 Å². The second kappa shape index (κ2) is 10.3. The molecule has 0 spiro atoms. The normalized spacial score (nSPS) is 15.6. The van der Waals surface area contributed by atoms with E-state index in [0.29, 0.717) is 45.3 Å². The molecule has 7 nitrogen and oxygen atoms in total. The number of ketones is 1. The molecule has 0 aliphatic carbocycles. The van der Waals surface area contributed by atoms with E-state index in [2.05, 4.69) is 0 Å². The molecule has 1 atom stereocenters. The Morgan fingerprint density at radius 3 is 2.58 bits per heavy atom. The molecule has 5 rings (SSSR count). The van der Waals surface area contributed by atoms with Crippen molar-refractivity contribution in [1.29, 1.82) is 0 Å². The molecule has 1 aromatic heterocycles. The quantitative estimate of drug-likeness (QED) is 0.245. The smallest absolute Gasteiger partial charge is 0.294 e. The Morgan fingerprint density at radius 1 is 1.05 bits per heavy atom. The van der Waals surface area contributed by atoms with E-state index in [1.54, 1.807) is 72.8 Å². The van der Waals surface area contributed by atoms with E-state index < -0.39 is 23.5 Å². The van der Waals surface area contributed by atoms with E-state index >= 15 is 0 Å². The minimum Gasteiger partial charge on any atom is -0.503 e. The first-order chi connectivity index (χ1) is 18.3. The molecule has 0 saturated heterocycles. The molecule has 0 fully saturated rings. The maximum absolute atomic E-state index is 13.9. The van der Waals surface area contributed by atoms with Crippen molar-refractivity contribution in [1.82, 2.24) is 0 Å². The lowest BCUT2D eigenvalue weighted by atomic mass is 9.94. The van der Waals surface area contributed by atoms with Gasteiger partial charge in [0.15, 0.2) is 11.5 Å². The monoisotopic (exact) mass is 531 g/mol. The number of halogens is 1. The molecular formula is C30H26ClNO6. The Labute approximate surface area is 224 Å². The molecule has 0 saturated carbocycles. The molecule has 38 heavy (non-hydrogen) atoms. The molecule has 0 radical (unpaired) electrons. The van der Waals surface area contributed by atoms with Crippen LogP contribution in [0.2, 0.25) is 5.02 Å². The number of hydrogen-bond acceptors (Lipinski definition) is 6. The lowest BCUT2D eigenvalue weighted by Gasteiger charge is -2.27. The van der Waals surface area contributed by atoms with Crippen LogP contribution in [-0.4, -0.2) is 29.5 Å². The number of Topliss-reactive ketones (excluding diaryl/α,β-unsaturated/α-hetero) is 1. The number of aliphatic hydroxyl groups is 1. The Kier molecular flexibility index (Phi) is 6.87. The van der Waals surface area contributed by atoms with E-state index in [1.165, 1.54) is 4.90 Å². The summed E-state index contributed by atoms with van der Waals surface area (Å²) >= 11 is 6.10. The summed E-state index contributed by atoms with van der Waals surface area (Å²) in [7, 11) is 0. The van der Waals surface area contributed by atoms with Gasteiger partial charge in [-0.05, 0) is 74.9 Å². The zero-order valence-electron chi connectivity index (χ0n) is 21.1. The highest BCUT2D eigenvalue weighted by molar-refractivity contribution is 6.31. The second-order valence-corrected chi connectivity index (χ2v) is 9.57. The van der Waals surface area contributed by atoms with Gasteiger partial charge in [0, 0.05) is 22.2 Å². The summed E-state index contributed by atoms with van der Waals surface area (Å²) in [4.78, 5) is 28.8. The van der Waals surface area contributed by atoms with Gasteiger partial charge >= 0.3 is 0 Å². The third-order valence-corrected chi connectivity index (χ3v) is 6.34. The number of fused-ring (bicyclic) bond motifs is 1. The lowest BCUT2D eigenvalue weighted by Crippen LogP contribution is -2.31. The van der Waals surface area contributed by atoms with Gasteiger partial charge in [0.2, 0.25) is 5.78 Å². The van der Waals surface area contributed by atoms with Gasteiger partial charge in [-0.3, -0.25) is 14.5 Å². The largest absolute Gasteiger partial charge is 0.503 e. The van der Waals surface area contributed by atoms with Crippen molar-refractivity contribution in [2.24, 2.45) is 0 Å². The molecule has 194 valence electrons. The summed E-state index contributed by atoms with van der Waals surface area (Å²) in [5.74, 6) is -0.837. The van der Waals surface area contributed by atoms with Crippen LogP contribution in [0.3, 0.4) is 0 Å². The van der Waals surface area contributed by atoms with Crippen LogP contribution in [0.25, 0.3) is 11.0 Å². The van der Waals surface area contributed by atoms with E-state index in [1.807, 2.05) is 20.8 Å². The fraction of sp³-hybridized carbons (Fsp3) is 0.200. The van der Waals surface area contributed by atoms with Crippen LogP contribution in [0, 0.1) is 0 Å². The second-order valence-electron chi connectivity index (χ2n) is 9.13. The number of rotatable bonds is 8. The van der Waals surface area contributed by atoms with Crippen molar-refractivity contribution in [3.8, 4) is 11.5 Å². The fourth-order valence-electron chi connectivity index (χ4n) is 4.60. The number of nitrogens with zero attached hydrogens (tertiary/aromatic N) is 1. The van der Waals surface area contributed by atoms with Crippen molar-refractivity contribution in [3.63, 3.8) is 0 Å². The number of anilines is 1. The minimum absolute atomic E-state index is 0.0129. The van der Waals surface area contributed by atoms with Gasteiger partial charge in [-0.15, -0.1) is 0 Å².